The maximum absolute atomic E-state index is 10.6. The van der Waals surface area contributed by atoms with Crippen LogP contribution in [0, 0.1) is 0 Å². The summed E-state index contributed by atoms with van der Waals surface area (Å²) in [5.41, 5.74) is 2.76. The molecular formula is C15H18O3. The van der Waals surface area contributed by atoms with Crippen molar-refractivity contribution in [3.8, 4) is 11.5 Å². The van der Waals surface area contributed by atoms with Gasteiger partial charge in [-0.25, -0.2) is 0 Å². The average Bonchev–Trinajstić information content (AvgIpc) is 2.76. The summed E-state index contributed by atoms with van der Waals surface area (Å²) in [6.45, 7) is 4.16. The Balaban J connectivity index is 1.94. The van der Waals surface area contributed by atoms with Crippen molar-refractivity contribution < 1.29 is 14.6 Å². The minimum Gasteiger partial charge on any atom is -0.490 e. The van der Waals surface area contributed by atoms with E-state index in [1.165, 1.54) is 11.1 Å². The molecule has 0 saturated heterocycles. The summed E-state index contributed by atoms with van der Waals surface area (Å²) in [6.07, 6.45) is 3.92. The van der Waals surface area contributed by atoms with Crippen LogP contribution in [0.25, 0.3) is 0 Å². The fourth-order valence-corrected chi connectivity index (χ4v) is 3.28. The molecule has 3 nitrogen and oxygen atoms in total. The molecule has 1 N–H and O–H groups in total. The minimum absolute atomic E-state index is 0.209. The summed E-state index contributed by atoms with van der Waals surface area (Å²) >= 11 is 0. The highest BCUT2D eigenvalue weighted by Gasteiger charge is 2.49. The molecule has 0 radical (unpaired) electrons. The third-order valence-corrected chi connectivity index (χ3v) is 4.26. The summed E-state index contributed by atoms with van der Waals surface area (Å²) < 4.78 is 11.8. The van der Waals surface area contributed by atoms with Crippen LogP contribution in [0.2, 0.25) is 0 Å². The standard InChI is InChI=1S/C15H18O3/c1-8-5-10-7-12-11(6-9(2)17-12)13(14(10)18-8)15(16)3-4-15/h7-9,16H,3-6H2,1-2H3. The first-order valence-electron chi connectivity index (χ1n) is 6.82. The smallest absolute Gasteiger partial charge is 0.129 e. The average molecular weight is 246 g/mol. The van der Waals surface area contributed by atoms with Crippen LogP contribution < -0.4 is 9.47 Å². The molecule has 1 aromatic carbocycles. The van der Waals surface area contributed by atoms with Gasteiger partial charge in [-0.2, -0.15) is 0 Å². The first-order chi connectivity index (χ1) is 8.57. The Morgan fingerprint density at radius 3 is 2.61 bits per heavy atom. The van der Waals surface area contributed by atoms with Gasteiger partial charge in [-0.1, -0.05) is 0 Å². The normalized spacial score (nSPS) is 30.4. The highest BCUT2D eigenvalue weighted by molar-refractivity contribution is 5.60. The van der Waals surface area contributed by atoms with Gasteiger partial charge in [0, 0.05) is 29.5 Å². The molecule has 3 heteroatoms. The molecule has 2 unspecified atom stereocenters. The maximum atomic E-state index is 10.6. The van der Waals surface area contributed by atoms with Crippen LogP contribution in [0.15, 0.2) is 6.07 Å². The predicted molar refractivity (Wildman–Crippen MR) is 67.2 cm³/mol. The van der Waals surface area contributed by atoms with E-state index in [2.05, 4.69) is 19.9 Å². The SMILES string of the molecule is CC1Cc2c(cc3c(c2C2(O)CC2)OC(C)C3)O1. The fraction of sp³-hybridized carbons (Fsp3) is 0.600. The van der Waals surface area contributed by atoms with Crippen LogP contribution in [0.1, 0.15) is 43.4 Å². The molecular weight excluding hydrogens is 228 g/mol. The maximum Gasteiger partial charge on any atom is 0.129 e. The third-order valence-electron chi connectivity index (χ3n) is 4.26. The van der Waals surface area contributed by atoms with Gasteiger partial charge in [-0.05, 0) is 32.8 Å². The molecule has 96 valence electrons. The topological polar surface area (TPSA) is 38.7 Å². The van der Waals surface area contributed by atoms with Gasteiger partial charge < -0.3 is 14.6 Å². The molecule has 4 rings (SSSR count). The highest BCUT2D eigenvalue weighted by Crippen LogP contribution is 2.55. The Kier molecular flexibility index (Phi) is 1.90. The van der Waals surface area contributed by atoms with Gasteiger partial charge >= 0.3 is 0 Å². The van der Waals surface area contributed by atoms with Crippen LogP contribution in [-0.2, 0) is 18.4 Å². The molecule has 1 fully saturated rings. The Bertz CT molecular complexity index is 495. The molecule has 18 heavy (non-hydrogen) atoms. The second-order valence-electron chi connectivity index (χ2n) is 6.01. The van der Waals surface area contributed by atoms with Gasteiger partial charge in [0.1, 0.15) is 23.7 Å². The summed E-state index contributed by atoms with van der Waals surface area (Å²) in [5.74, 6) is 1.91. The predicted octanol–water partition coefficient (Wildman–Crippen LogP) is 2.31. The van der Waals surface area contributed by atoms with E-state index in [4.69, 9.17) is 9.47 Å². The van der Waals surface area contributed by atoms with E-state index in [0.29, 0.717) is 0 Å². The quantitative estimate of drug-likeness (QED) is 0.826. The van der Waals surface area contributed by atoms with Gasteiger partial charge in [0.2, 0.25) is 0 Å². The summed E-state index contributed by atoms with van der Waals surface area (Å²) in [7, 11) is 0. The van der Waals surface area contributed by atoms with Crippen molar-refractivity contribution >= 4 is 0 Å². The lowest BCUT2D eigenvalue weighted by Crippen LogP contribution is -2.12. The molecule has 2 aliphatic heterocycles. The number of hydrogen-bond acceptors (Lipinski definition) is 3. The van der Waals surface area contributed by atoms with Gasteiger partial charge in [0.25, 0.3) is 0 Å². The number of aliphatic hydroxyl groups is 1. The Morgan fingerprint density at radius 2 is 1.89 bits per heavy atom. The van der Waals surface area contributed by atoms with Crippen molar-refractivity contribution in [3.63, 3.8) is 0 Å². The van der Waals surface area contributed by atoms with Crippen molar-refractivity contribution in [2.24, 2.45) is 0 Å². The molecule has 2 atom stereocenters. The van der Waals surface area contributed by atoms with Crippen LogP contribution in [0.5, 0.6) is 11.5 Å². The van der Waals surface area contributed by atoms with Crippen LogP contribution >= 0.6 is 0 Å². The molecule has 0 amide bonds. The second-order valence-corrected chi connectivity index (χ2v) is 6.01. The monoisotopic (exact) mass is 246 g/mol. The fourth-order valence-electron chi connectivity index (χ4n) is 3.28. The van der Waals surface area contributed by atoms with Gasteiger partial charge in [0.05, 0.1) is 5.60 Å². The minimum atomic E-state index is -0.646. The lowest BCUT2D eigenvalue weighted by atomic mass is 9.93. The molecule has 0 bridgehead atoms. The second kappa shape index (κ2) is 3.21. The lowest BCUT2D eigenvalue weighted by Gasteiger charge is -2.17. The molecule has 2 heterocycles. The summed E-state index contributed by atoms with van der Waals surface area (Å²) in [5, 5.41) is 10.6. The van der Waals surface area contributed by atoms with Crippen LogP contribution in [-0.4, -0.2) is 17.3 Å². The van der Waals surface area contributed by atoms with E-state index in [-0.39, 0.29) is 12.2 Å². The number of ether oxygens (including phenoxy) is 2. The lowest BCUT2D eigenvalue weighted by molar-refractivity contribution is 0.143. The highest BCUT2D eigenvalue weighted by atomic mass is 16.5. The largest absolute Gasteiger partial charge is 0.490 e. The van der Waals surface area contributed by atoms with Gasteiger partial charge in [0.15, 0.2) is 0 Å². The van der Waals surface area contributed by atoms with E-state index >= 15 is 0 Å². The first-order valence-corrected chi connectivity index (χ1v) is 6.82. The van der Waals surface area contributed by atoms with Crippen molar-refractivity contribution in [1.82, 2.24) is 0 Å². The number of rotatable bonds is 1. The Hall–Kier alpha value is -1.22. The molecule has 1 saturated carbocycles. The van der Waals surface area contributed by atoms with Crippen molar-refractivity contribution in [2.45, 2.75) is 57.3 Å². The van der Waals surface area contributed by atoms with Crippen molar-refractivity contribution in [1.29, 1.82) is 0 Å². The Labute approximate surface area is 107 Å². The molecule has 0 spiro atoms. The van der Waals surface area contributed by atoms with Crippen LogP contribution in [0.4, 0.5) is 0 Å². The zero-order valence-electron chi connectivity index (χ0n) is 10.8. The number of benzene rings is 1. The third kappa shape index (κ3) is 1.34. The van der Waals surface area contributed by atoms with Crippen LogP contribution in [0.3, 0.4) is 0 Å². The van der Waals surface area contributed by atoms with Crippen molar-refractivity contribution in [2.75, 3.05) is 0 Å². The molecule has 3 aliphatic rings. The first kappa shape index (κ1) is 10.7. The van der Waals surface area contributed by atoms with Gasteiger partial charge in [-0.3, -0.25) is 0 Å². The zero-order chi connectivity index (χ0) is 12.5. The van der Waals surface area contributed by atoms with E-state index in [9.17, 15) is 5.11 Å². The zero-order valence-corrected chi connectivity index (χ0v) is 10.8. The summed E-state index contributed by atoms with van der Waals surface area (Å²) in [6, 6.07) is 2.12. The molecule has 1 aliphatic carbocycles. The van der Waals surface area contributed by atoms with Crippen molar-refractivity contribution in [3.05, 3.63) is 22.8 Å². The van der Waals surface area contributed by atoms with Gasteiger partial charge in [-0.15, -0.1) is 0 Å². The molecule has 1 aromatic rings. The van der Waals surface area contributed by atoms with E-state index < -0.39 is 5.60 Å². The van der Waals surface area contributed by atoms with E-state index in [0.717, 1.165) is 42.7 Å². The molecule has 0 aromatic heterocycles. The van der Waals surface area contributed by atoms with E-state index in [1.54, 1.807) is 0 Å². The Morgan fingerprint density at radius 1 is 1.17 bits per heavy atom. The number of fused-ring (bicyclic) bond motifs is 2. The number of hydrogen-bond donors (Lipinski definition) is 1. The van der Waals surface area contributed by atoms with E-state index in [1.807, 2.05) is 0 Å². The summed E-state index contributed by atoms with van der Waals surface area (Å²) in [4.78, 5) is 0.